The molecule has 2 aliphatic carbocycles. The van der Waals surface area contributed by atoms with Crippen LogP contribution in [-0.2, 0) is 27.7 Å². The Morgan fingerprint density at radius 1 is 1.19 bits per heavy atom. The Morgan fingerprint density at radius 2 is 2.00 bits per heavy atom. The molecule has 4 atom stereocenters. The first-order chi connectivity index (χ1) is 24.8. The number of aromatic hydroxyl groups is 1. The molecule has 1 unspecified atom stereocenters. The van der Waals surface area contributed by atoms with Gasteiger partial charge in [-0.1, -0.05) is 18.5 Å². The zero-order valence-corrected chi connectivity index (χ0v) is 29.0. The Kier molecular flexibility index (Phi) is 8.17. The standard InChI is InChI=1S/C35H34ClF3N8O5/c1-17-14-34(9-10-45(24-6-4-21(24)34)33(51)28-30(49)18(2)40-16-41-28)26-29(17)46(15-25(48)42-23-5-3-19(13-22(23)36)35(37,38)39)32-27(31(26)50)43-47(44-32)20-7-11-52-12-8-20/h3,5,7,13,16-17,21,24,49H,4,6,8-12,14-15H2,1-2H3,(H,42,48)/t17-,21+,24?,34+/m0/s1. The predicted octanol–water partition coefficient (Wildman–Crippen LogP) is 5.04. The number of carbonyl (C=O) groups excluding carboxylic acids is 2. The number of fused-ring (bicyclic) bond motifs is 5. The molecule has 2 amide bonds. The normalized spacial score (nSPS) is 24.0. The lowest BCUT2D eigenvalue weighted by molar-refractivity contribution is -0.137. The van der Waals surface area contributed by atoms with E-state index >= 15 is 0 Å². The van der Waals surface area contributed by atoms with Gasteiger partial charge in [0.2, 0.25) is 11.3 Å². The van der Waals surface area contributed by atoms with Crippen molar-refractivity contribution in [2.45, 2.75) is 76.0 Å². The number of nitrogens with zero attached hydrogens (tertiary/aromatic N) is 7. The molecule has 4 aromatic rings. The minimum atomic E-state index is -4.61. The molecule has 2 aliphatic heterocycles. The minimum Gasteiger partial charge on any atom is -0.504 e. The second-order valence-corrected chi connectivity index (χ2v) is 14.4. The average molecular weight is 739 g/mol. The summed E-state index contributed by atoms with van der Waals surface area (Å²) in [4.78, 5) is 53.4. The van der Waals surface area contributed by atoms with Crippen LogP contribution in [0.3, 0.4) is 0 Å². The molecule has 17 heteroatoms. The van der Waals surface area contributed by atoms with E-state index in [2.05, 4.69) is 20.4 Å². The number of nitrogens with one attached hydrogen (secondary N) is 1. The summed E-state index contributed by atoms with van der Waals surface area (Å²) in [5, 5.41) is 22.3. The van der Waals surface area contributed by atoms with Crippen molar-refractivity contribution in [3.05, 3.63) is 74.1 Å². The largest absolute Gasteiger partial charge is 0.504 e. The van der Waals surface area contributed by atoms with Gasteiger partial charge in [-0.2, -0.15) is 18.0 Å². The minimum absolute atomic E-state index is 0.00778. The number of ether oxygens (including phenoxy) is 1. The van der Waals surface area contributed by atoms with E-state index in [0.717, 1.165) is 30.3 Å². The monoisotopic (exact) mass is 738 g/mol. The van der Waals surface area contributed by atoms with Gasteiger partial charge in [0.25, 0.3) is 5.91 Å². The molecule has 1 saturated heterocycles. The highest BCUT2D eigenvalue weighted by atomic mass is 35.5. The molecule has 4 aliphatic rings. The van der Waals surface area contributed by atoms with Crippen molar-refractivity contribution in [1.29, 1.82) is 0 Å². The number of anilines is 1. The number of aromatic nitrogens is 6. The van der Waals surface area contributed by atoms with Crippen LogP contribution in [0.4, 0.5) is 18.9 Å². The van der Waals surface area contributed by atoms with Gasteiger partial charge in [0, 0.05) is 35.7 Å². The van der Waals surface area contributed by atoms with Crippen LogP contribution in [0, 0.1) is 12.8 Å². The van der Waals surface area contributed by atoms with Crippen LogP contribution in [0.5, 0.6) is 5.75 Å². The van der Waals surface area contributed by atoms with Crippen molar-refractivity contribution in [3.8, 4) is 5.75 Å². The van der Waals surface area contributed by atoms with Gasteiger partial charge in [0.05, 0.1) is 40.9 Å². The number of benzene rings is 1. The van der Waals surface area contributed by atoms with Crippen LogP contribution in [0.15, 0.2) is 35.4 Å². The van der Waals surface area contributed by atoms with Gasteiger partial charge in [-0.05, 0) is 68.7 Å². The number of amides is 2. The molecule has 52 heavy (non-hydrogen) atoms. The van der Waals surface area contributed by atoms with E-state index in [1.165, 1.54) is 11.1 Å². The average Bonchev–Trinajstić information content (AvgIpc) is 3.66. The van der Waals surface area contributed by atoms with Crippen molar-refractivity contribution >= 4 is 46.0 Å². The van der Waals surface area contributed by atoms with Crippen LogP contribution < -0.4 is 10.7 Å². The molecule has 0 radical (unpaired) electrons. The highest BCUT2D eigenvalue weighted by Crippen LogP contribution is 2.60. The third kappa shape index (κ3) is 5.36. The van der Waals surface area contributed by atoms with Gasteiger partial charge in [0.15, 0.2) is 22.6 Å². The maximum absolute atomic E-state index is 14.7. The summed E-state index contributed by atoms with van der Waals surface area (Å²) in [5.41, 5.74) is 0.657. The maximum Gasteiger partial charge on any atom is 0.416 e. The fourth-order valence-corrected chi connectivity index (χ4v) is 8.94. The van der Waals surface area contributed by atoms with Crippen molar-refractivity contribution in [3.63, 3.8) is 0 Å². The van der Waals surface area contributed by atoms with Crippen LogP contribution in [0.2, 0.25) is 5.02 Å². The van der Waals surface area contributed by atoms with E-state index in [4.69, 9.17) is 21.4 Å². The summed E-state index contributed by atoms with van der Waals surface area (Å²) in [6, 6.07) is 2.50. The van der Waals surface area contributed by atoms with Crippen molar-refractivity contribution in [2.24, 2.45) is 5.92 Å². The molecule has 272 valence electrons. The number of rotatable bonds is 5. The highest BCUT2D eigenvalue weighted by molar-refractivity contribution is 6.33. The zero-order chi connectivity index (χ0) is 36.7. The third-order valence-electron chi connectivity index (χ3n) is 11.2. The fraction of sp³-hybridized carbons (Fsp3) is 0.457. The first kappa shape index (κ1) is 34.3. The van der Waals surface area contributed by atoms with Crippen molar-refractivity contribution < 1.29 is 32.6 Å². The van der Waals surface area contributed by atoms with E-state index in [-0.39, 0.29) is 63.2 Å². The Morgan fingerprint density at radius 3 is 2.69 bits per heavy atom. The number of alkyl halides is 3. The summed E-state index contributed by atoms with van der Waals surface area (Å²) in [7, 11) is 0. The van der Waals surface area contributed by atoms with Gasteiger partial charge >= 0.3 is 6.18 Å². The third-order valence-corrected chi connectivity index (χ3v) is 11.5. The van der Waals surface area contributed by atoms with E-state index in [1.807, 2.05) is 13.0 Å². The lowest BCUT2D eigenvalue weighted by Crippen LogP contribution is -2.62. The lowest BCUT2D eigenvalue weighted by atomic mass is 9.55. The SMILES string of the molecule is Cc1ncnc(C(=O)N2CC[C@@]3(C[C@H](C)c4c3c(=O)c3nn(C5=CCOCC5)nc3n4CC(=O)Nc3ccc(C(F)(F)F)cc3Cl)[C@@H]3CCC32)c1O. The number of piperidine rings is 1. The van der Waals surface area contributed by atoms with Crippen molar-refractivity contribution in [2.75, 3.05) is 25.1 Å². The summed E-state index contributed by atoms with van der Waals surface area (Å²) >= 11 is 6.17. The molecular formula is C35H34ClF3N8O5. The molecule has 3 aromatic heterocycles. The molecule has 1 spiro atoms. The maximum atomic E-state index is 14.7. The van der Waals surface area contributed by atoms with Crippen LogP contribution >= 0.6 is 11.6 Å². The number of hydrogen-bond donors (Lipinski definition) is 2. The van der Waals surface area contributed by atoms with Gasteiger partial charge < -0.3 is 24.6 Å². The zero-order valence-electron chi connectivity index (χ0n) is 28.2. The van der Waals surface area contributed by atoms with E-state index in [9.17, 15) is 32.7 Å². The number of aryl methyl sites for hydroxylation is 1. The first-order valence-corrected chi connectivity index (χ1v) is 17.5. The Hall–Kier alpha value is -4.83. The van der Waals surface area contributed by atoms with Gasteiger partial charge in [0.1, 0.15) is 12.9 Å². The molecule has 2 fully saturated rings. The molecular weight excluding hydrogens is 705 g/mol. The van der Waals surface area contributed by atoms with Gasteiger partial charge in [-0.15, -0.1) is 10.2 Å². The number of likely N-dealkylation sites (tertiary alicyclic amines) is 1. The number of pyridine rings is 1. The van der Waals surface area contributed by atoms with Gasteiger partial charge in [-0.25, -0.2) is 9.97 Å². The second-order valence-electron chi connectivity index (χ2n) is 14.0. The topological polar surface area (TPSA) is 157 Å². The summed E-state index contributed by atoms with van der Waals surface area (Å²) in [5.74, 6) is -1.50. The van der Waals surface area contributed by atoms with Crippen LogP contribution in [-0.4, -0.2) is 77.2 Å². The van der Waals surface area contributed by atoms with E-state index in [0.29, 0.717) is 62.4 Å². The molecule has 1 aromatic carbocycles. The van der Waals surface area contributed by atoms with E-state index < -0.39 is 29.0 Å². The highest BCUT2D eigenvalue weighted by Gasteiger charge is 2.60. The molecule has 5 heterocycles. The first-order valence-electron chi connectivity index (χ1n) is 17.1. The van der Waals surface area contributed by atoms with Gasteiger partial charge in [-0.3, -0.25) is 14.4 Å². The van der Waals surface area contributed by atoms with Crippen LogP contribution in [0.1, 0.15) is 77.9 Å². The molecule has 13 nitrogen and oxygen atoms in total. The summed E-state index contributed by atoms with van der Waals surface area (Å²) < 4.78 is 47.0. The number of hydrogen-bond acceptors (Lipinski definition) is 9. The fourth-order valence-electron chi connectivity index (χ4n) is 8.71. The van der Waals surface area contributed by atoms with Crippen molar-refractivity contribution in [1.82, 2.24) is 34.4 Å². The molecule has 8 rings (SSSR count). The predicted molar refractivity (Wildman–Crippen MR) is 182 cm³/mol. The lowest BCUT2D eigenvalue weighted by Gasteiger charge is -2.57. The number of carbonyl (C=O) groups is 2. The Labute approximate surface area is 299 Å². The number of halogens is 4. The van der Waals surface area contributed by atoms with Crippen LogP contribution in [0.25, 0.3) is 16.9 Å². The molecule has 2 N–H and O–H groups in total. The van der Waals surface area contributed by atoms with E-state index in [1.54, 1.807) is 16.4 Å². The Bertz CT molecular complexity index is 2250. The quantitative estimate of drug-likeness (QED) is 0.286. The molecule has 1 saturated carbocycles. The Balaban J connectivity index is 1.20. The second kappa shape index (κ2) is 12.4. The summed E-state index contributed by atoms with van der Waals surface area (Å²) in [6.45, 7) is 4.40. The molecule has 0 bridgehead atoms. The summed E-state index contributed by atoms with van der Waals surface area (Å²) in [6.07, 6.45) is 1.53. The smallest absolute Gasteiger partial charge is 0.416 e.